The Hall–Kier alpha value is -1.94. The highest BCUT2D eigenvalue weighted by molar-refractivity contribution is 7.91. The summed E-state index contributed by atoms with van der Waals surface area (Å²) in [7, 11) is -2.76. The fraction of sp³-hybridized carbons (Fsp3) is 0.429. The van der Waals surface area contributed by atoms with E-state index in [1.165, 1.54) is 7.11 Å². The van der Waals surface area contributed by atoms with Crippen LogP contribution < -0.4 is 4.72 Å². The number of amides is 1. The number of rotatable bonds is 7. The number of nitrogens with zero attached hydrogens (tertiary/aromatic N) is 1. The zero-order chi connectivity index (χ0) is 22.8. The number of esters is 1. The molecule has 31 heavy (non-hydrogen) atoms. The first kappa shape index (κ1) is 23.7. The standard InChI is InChI=1S/C21H25ClN2O5S2/c1-4-13(2)19(25)24-9-8-16-17(12-24)30-21(18(16)20(26)29-3)31(27,28)23-11-14-6-5-7-15(22)10-14/h5-7,10,13,23H,4,8-9,11-12H2,1-3H3/t13-/m0/s1. The van der Waals surface area contributed by atoms with E-state index in [1.807, 2.05) is 13.8 Å². The number of nitrogens with one attached hydrogen (secondary N) is 1. The molecule has 2 heterocycles. The lowest BCUT2D eigenvalue weighted by atomic mass is 10.0. The molecule has 0 bridgehead atoms. The summed E-state index contributed by atoms with van der Waals surface area (Å²) in [6, 6.07) is 6.86. The van der Waals surface area contributed by atoms with Gasteiger partial charge in [0.05, 0.1) is 19.2 Å². The lowest BCUT2D eigenvalue weighted by Gasteiger charge is -2.29. The van der Waals surface area contributed by atoms with Gasteiger partial charge in [-0.05, 0) is 36.1 Å². The van der Waals surface area contributed by atoms with E-state index in [0.717, 1.165) is 17.8 Å². The van der Waals surface area contributed by atoms with Crippen LogP contribution in [0.1, 0.15) is 46.6 Å². The van der Waals surface area contributed by atoms with Crippen LogP contribution >= 0.6 is 22.9 Å². The number of methoxy groups -OCH3 is 1. The molecule has 3 rings (SSSR count). The lowest BCUT2D eigenvalue weighted by Crippen LogP contribution is -2.38. The SMILES string of the molecule is CC[C@H](C)C(=O)N1CCc2c(sc(S(=O)(=O)NCc3cccc(Cl)c3)c2C(=O)OC)C1. The van der Waals surface area contributed by atoms with Gasteiger partial charge in [-0.3, -0.25) is 4.79 Å². The van der Waals surface area contributed by atoms with Crippen molar-refractivity contribution in [3.63, 3.8) is 0 Å². The summed E-state index contributed by atoms with van der Waals surface area (Å²) in [6.07, 6.45) is 1.13. The highest BCUT2D eigenvalue weighted by atomic mass is 35.5. The van der Waals surface area contributed by atoms with E-state index in [4.69, 9.17) is 16.3 Å². The fourth-order valence-corrected chi connectivity index (χ4v) is 6.61. The fourth-order valence-electron chi connectivity index (χ4n) is 3.44. The molecule has 0 spiro atoms. The predicted octanol–water partition coefficient (Wildman–Crippen LogP) is 3.60. The highest BCUT2D eigenvalue weighted by Crippen LogP contribution is 2.37. The zero-order valence-electron chi connectivity index (χ0n) is 17.6. The number of ether oxygens (including phenoxy) is 1. The van der Waals surface area contributed by atoms with Gasteiger partial charge >= 0.3 is 5.97 Å². The average Bonchev–Trinajstić information content (AvgIpc) is 3.16. The maximum absolute atomic E-state index is 13.1. The molecule has 1 aromatic carbocycles. The van der Waals surface area contributed by atoms with E-state index in [9.17, 15) is 18.0 Å². The Morgan fingerprint density at radius 1 is 1.35 bits per heavy atom. The number of fused-ring (bicyclic) bond motifs is 1. The Bertz CT molecular complexity index is 1100. The highest BCUT2D eigenvalue weighted by Gasteiger charge is 2.35. The van der Waals surface area contributed by atoms with E-state index in [2.05, 4.69) is 4.72 Å². The van der Waals surface area contributed by atoms with Crippen LogP contribution in [0.15, 0.2) is 28.5 Å². The molecular weight excluding hydrogens is 460 g/mol. The number of sulfonamides is 1. The van der Waals surface area contributed by atoms with Gasteiger partial charge in [-0.25, -0.2) is 17.9 Å². The van der Waals surface area contributed by atoms with Gasteiger partial charge in [0.15, 0.2) is 0 Å². The maximum Gasteiger partial charge on any atom is 0.340 e. The van der Waals surface area contributed by atoms with Gasteiger partial charge in [-0.15, -0.1) is 11.3 Å². The van der Waals surface area contributed by atoms with Gasteiger partial charge in [0.1, 0.15) is 4.21 Å². The predicted molar refractivity (Wildman–Crippen MR) is 120 cm³/mol. The second kappa shape index (κ2) is 9.68. The molecule has 0 unspecified atom stereocenters. The number of halogens is 1. The Kier molecular flexibility index (Phi) is 7.41. The molecule has 1 amide bonds. The van der Waals surface area contributed by atoms with E-state index in [0.29, 0.717) is 34.0 Å². The second-order valence-corrected chi connectivity index (χ2v) is 10.9. The van der Waals surface area contributed by atoms with Crippen molar-refractivity contribution >= 4 is 44.8 Å². The topological polar surface area (TPSA) is 92.8 Å². The zero-order valence-corrected chi connectivity index (χ0v) is 20.0. The van der Waals surface area contributed by atoms with Gasteiger partial charge in [0.2, 0.25) is 5.91 Å². The summed E-state index contributed by atoms with van der Waals surface area (Å²) >= 11 is 6.99. The molecule has 1 aliphatic heterocycles. The second-order valence-electron chi connectivity index (χ2n) is 7.43. The third kappa shape index (κ3) is 5.11. The first-order chi connectivity index (χ1) is 14.7. The van der Waals surface area contributed by atoms with Crippen LogP contribution in [0.25, 0.3) is 0 Å². The molecule has 1 N–H and O–H groups in total. The molecule has 0 saturated heterocycles. The summed E-state index contributed by atoms with van der Waals surface area (Å²) in [6.45, 7) is 4.59. The van der Waals surface area contributed by atoms with Crippen LogP contribution in [-0.4, -0.2) is 38.8 Å². The van der Waals surface area contributed by atoms with Gasteiger partial charge in [0.25, 0.3) is 10.0 Å². The lowest BCUT2D eigenvalue weighted by molar-refractivity contribution is -0.135. The summed E-state index contributed by atoms with van der Waals surface area (Å²) in [5, 5.41) is 0.504. The Balaban J connectivity index is 1.92. The normalized spacial score (nSPS) is 14.8. The maximum atomic E-state index is 13.1. The molecule has 0 aliphatic carbocycles. The number of thiophene rings is 1. The number of benzene rings is 1. The first-order valence-electron chi connectivity index (χ1n) is 9.93. The van der Waals surface area contributed by atoms with Crippen molar-refractivity contribution in [1.29, 1.82) is 0 Å². The van der Waals surface area contributed by atoms with Crippen molar-refractivity contribution < 1.29 is 22.7 Å². The van der Waals surface area contributed by atoms with E-state index in [1.54, 1.807) is 29.2 Å². The summed E-state index contributed by atoms with van der Waals surface area (Å²) in [5.74, 6) is -0.767. The van der Waals surface area contributed by atoms with Crippen molar-refractivity contribution in [2.75, 3.05) is 13.7 Å². The van der Waals surface area contributed by atoms with Crippen LogP contribution in [0.3, 0.4) is 0 Å². The van der Waals surface area contributed by atoms with Crippen LogP contribution in [0.5, 0.6) is 0 Å². The molecule has 1 aromatic heterocycles. The summed E-state index contributed by atoms with van der Waals surface area (Å²) in [5.41, 5.74) is 1.41. The number of carbonyl (C=O) groups is 2. The quantitative estimate of drug-likeness (QED) is 0.606. The minimum Gasteiger partial charge on any atom is -0.465 e. The van der Waals surface area contributed by atoms with E-state index in [-0.39, 0.29) is 34.7 Å². The third-order valence-corrected chi connectivity index (χ3v) is 8.73. The molecule has 0 saturated carbocycles. The third-order valence-electron chi connectivity index (χ3n) is 5.36. The van der Waals surface area contributed by atoms with Gasteiger partial charge < -0.3 is 9.64 Å². The number of hydrogen-bond donors (Lipinski definition) is 1. The number of hydrogen-bond acceptors (Lipinski definition) is 6. The molecule has 7 nitrogen and oxygen atoms in total. The first-order valence-corrected chi connectivity index (χ1v) is 12.6. The van der Waals surface area contributed by atoms with Crippen LogP contribution in [0.4, 0.5) is 0 Å². The van der Waals surface area contributed by atoms with Gasteiger partial charge in [0, 0.05) is 28.9 Å². The van der Waals surface area contributed by atoms with Crippen molar-refractivity contribution in [3.05, 3.63) is 50.9 Å². The molecule has 168 valence electrons. The minimum absolute atomic E-state index is 0.0321. The molecule has 10 heteroatoms. The Morgan fingerprint density at radius 2 is 2.10 bits per heavy atom. The van der Waals surface area contributed by atoms with E-state index < -0.39 is 16.0 Å². The van der Waals surface area contributed by atoms with Crippen molar-refractivity contribution in [2.45, 2.75) is 44.0 Å². The molecular formula is C21H25ClN2O5S2. The van der Waals surface area contributed by atoms with Crippen molar-refractivity contribution in [2.24, 2.45) is 5.92 Å². The average molecular weight is 485 g/mol. The molecule has 0 radical (unpaired) electrons. The van der Waals surface area contributed by atoms with Crippen molar-refractivity contribution in [1.82, 2.24) is 9.62 Å². The van der Waals surface area contributed by atoms with Gasteiger partial charge in [-0.1, -0.05) is 37.6 Å². The Labute approximate surface area is 191 Å². The molecule has 1 aliphatic rings. The van der Waals surface area contributed by atoms with E-state index >= 15 is 0 Å². The molecule has 0 fully saturated rings. The molecule has 2 aromatic rings. The van der Waals surface area contributed by atoms with Crippen molar-refractivity contribution in [3.8, 4) is 0 Å². The summed E-state index contributed by atoms with van der Waals surface area (Å²) in [4.78, 5) is 27.5. The van der Waals surface area contributed by atoms with Gasteiger partial charge in [-0.2, -0.15) is 0 Å². The molecule has 1 atom stereocenters. The largest absolute Gasteiger partial charge is 0.465 e. The van der Waals surface area contributed by atoms with Crippen LogP contribution in [-0.2, 0) is 39.1 Å². The summed E-state index contributed by atoms with van der Waals surface area (Å²) < 4.78 is 33.5. The smallest absolute Gasteiger partial charge is 0.340 e. The van der Waals surface area contributed by atoms with Crippen LogP contribution in [0, 0.1) is 5.92 Å². The monoisotopic (exact) mass is 484 g/mol. The Morgan fingerprint density at radius 3 is 2.74 bits per heavy atom. The number of carbonyl (C=O) groups excluding carboxylic acids is 2. The minimum atomic E-state index is -3.99. The van der Waals surface area contributed by atoms with Crippen LogP contribution in [0.2, 0.25) is 5.02 Å².